The summed E-state index contributed by atoms with van der Waals surface area (Å²) >= 11 is 0. The maximum absolute atomic E-state index is 13.5. The largest absolute Gasteiger partial charge is 0.484 e. The fraction of sp³-hybridized carbons (Fsp3) is 0.562. The highest BCUT2D eigenvalue weighted by atomic mass is 19.1. The third-order valence-corrected chi connectivity index (χ3v) is 3.01. The van der Waals surface area contributed by atoms with Crippen LogP contribution in [-0.4, -0.2) is 25.1 Å². The average Bonchev–Trinajstić information content (AvgIpc) is 2.42. The third kappa shape index (κ3) is 7.09. The summed E-state index contributed by atoms with van der Waals surface area (Å²) in [5.41, 5.74) is 0.798. The van der Waals surface area contributed by atoms with Crippen molar-refractivity contribution in [1.82, 2.24) is 10.6 Å². The Balaban J connectivity index is 2.50. The molecule has 0 saturated carbocycles. The number of hydrogen-bond donors (Lipinski definition) is 2. The van der Waals surface area contributed by atoms with E-state index in [0.29, 0.717) is 12.3 Å². The first-order valence-corrected chi connectivity index (χ1v) is 7.47. The molecule has 0 saturated heterocycles. The number of hydrogen-bond acceptors (Lipinski definition) is 3. The molecule has 0 heterocycles. The van der Waals surface area contributed by atoms with Crippen molar-refractivity contribution in [3.05, 3.63) is 29.6 Å². The van der Waals surface area contributed by atoms with Crippen molar-refractivity contribution in [2.45, 2.75) is 46.2 Å². The van der Waals surface area contributed by atoms with Crippen LogP contribution in [0.25, 0.3) is 0 Å². The second-order valence-corrected chi connectivity index (χ2v) is 5.12. The highest BCUT2D eigenvalue weighted by Crippen LogP contribution is 2.16. The lowest BCUT2D eigenvalue weighted by Gasteiger charge is -2.13. The van der Waals surface area contributed by atoms with Crippen molar-refractivity contribution >= 4 is 5.91 Å². The van der Waals surface area contributed by atoms with Gasteiger partial charge in [-0.2, -0.15) is 0 Å². The molecule has 1 amide bonds. The molecule has 0 aliphatic heterocycles. The molecule has 21 heavy (non-hydrogen) atoms. The molecule has 118 valence electrons. The number of ether oxygens (including phenoxy) is 1. The van der Waals surface area contributed by atoms with E-state index in [1.807, 2.05) is 13.8 Å². The molecule has 0 spiro atoms. The zero-order chi connectivity index (χ0) is 15.7. The Morgan fingerprint density at radius 3 is 2.76 bits per heavy atom. The summed E-state index contributed by atoms with van der Waals surface area (Å²) in [7, 11) is 0. The van der Waals surface area contributed by atoms with Gasteiger partial charge in [-0.15, -0.1) is 0 Å². The van der Waals surface area contributed by atoms with Crippen LogP contribution in [0.15, 0.2) is 18.2 Å². The second kappa shape index (κ2) is 9.34. The van der Waals surface area contributed by atoms with Crippen LogP contribution >= 0.6 is 0 Å². The number of nitrogens with one attached hydrogen (secondary N) is 2. The zero-order valence-electron chi connectivity index (χ0n) is 13.0. The van der Waals surface area contributed by atoms with Crippen molar-refractivity contribution in [2.75, 3.05) is 13.2 Å². The lowest BCUT2D eigenvalue weighted by molar-refractivity contribution is -0.123. The minimum Gasteiger partial charge on any atom is -0.484 e. The lowest BCUT2D eigenvalue weighted by atomic mass is 10.2. The SMILES string of the molecule is CCCC(C)NC(=O)COc1cc(F)cc(CNCC)c1. The fourth-order valence-electron chi connectivity index (χ4n) is 2.05. The quantitative estimate of drug-likeness (QED) is 0.736. The molecule has 0 radical (unpaired) electrons. The van der Waals surface area contributed by atoms with Crippen LogP contribution < -0.4 is 15.4 Å². The first-order chi connectivity index (χ1) is 10.0. The Bertz CT molecular complexity index is 452. The highest BCUT2D eigenvalue weighted by molar-refractivity contribution is 5.77. The minimum atomic E-state index is -0.361. The number of carbonyl (C=O) groups is 1. The summed E-state index contributed by atoms with van der Waals surface area (Å²) in [6.45, 7) is 7.29. The Morgan fingerprint density at radius 1 is 1.33 bits per heavy atom. The number of halogens is 1. The molecule has 4 nitrogen and oxygen atoms in total. The summed E-state index contributed by atoms with van der Waals surface area (Å²) in [6.07, 6.45) is 1.94. The molecule has 0 fully saturated rings. The van der Waals surface area contributed by atoms with Crippen molar-refractivity contribution in [3.8, 4) is 5.75 Å². The Morgan fingerprint density at radius 2 is 2.10 bits per heavy atom. The molecule has 0 bridgehead atoms. The molecule has 5 heteroatoms. The molecule has 1 rings (SSSR count). The number of benzene rings is 1. The molecule has 0 aromatic heterocycles. The van der Waals surface area contributed by atoms with Gasteiger partial charge in [-0.1, -0.05) is 20.3 Å². The van der Waals surface area contributed by atoms with E-state index in [0.717, 1.165) is 24.9 Å². The van der Waals surface area contributed by atoms with Gasteiger partial charge in [0.1, 0.15) is 11.6 Å². The van der Waals surface area contributed by atoms with Crippen LogP contribution in [0.4, 0.5) is 4.39 Å². The maximum Gasteiger partial charge on any atom is 0.258 e. The molecule has 1 unspecified atom stereocenters. The molecule has 2 N–H and O–H groups in total. The zero-order valence-corrected chi connectivity index (χ0v) is 13.0. The van der Waals surface area contributed by atoms with Gasteiger partial charge in [0.25, 0.3) is 5.91 Å². The van der Waals surface area contributed by atoms with Gasteiger partial charge in [0, 0.05) is 18.7 Å². The first-order valence-electron chi connectivity index (χ1n) is 7.47. The summed E-state index contributed by atoms with van der Waals surface area (Å²) in [5.74, 6) is -0.171. The van der Waals surface area contributed by atoms with Crippen LogP contribution in [0.1, 0.15) is 39.2 Å². The number of carbonyl (C=O) groups excluding carboxylic acids is 1. The third-order valence-electron chi connectivity index (χ3n) is 3.01. The van der Waals surface area contributed by atoms with E-state index in [1.165, 1.54) is 12.1 Å². The summed E-state index contributed by atoms with van der Waals surface area (Å²) < 4.78 is 18.9. The van der Waals surface area contributed by atoms with Crippen molar-refractivity contribution < 1.29 is 13.9 Å². The van der Waals surface area contributed by atoms with Gasteiger partial charge in [-0.3, -0.25) is 4.79 Å². The van der Waals surface area contributed by atoms with Crippen molar-refractivity contribution in [1.29, 1.82) is 0 Å². The first kappa shape index (κ1) is 17.4. The highest BCUT2D eigenvalue weighted by Gasteiger charge is 2.08. The van der Waals surface area contributed by atoms with Crippen LogP contribution in [0.3, 0.4) is 0 Å². The van der Waals surface area contributed by atoms with E-state index in [2.05, 4.69) is 17.6 Å². The smallest absolute Gasteiger partial charge is 0.258 e. The van der Waals surface area contributed by atoms with Crippen molar-refractivity contribution in [3.63, 3.8) is 0 Å². The summed E-state index contributed by atoms with van der Waals surface area (Å²) in [6, 6.07) is 4.62. The fourth-order valence-corrected chi connectivity index (χ4v) is 2.05. The van der Waals surface area contributed by atoms with Crippen LogP contribution in [0.2, 0.25) is 0 Å². The summed E-state index contributed by atoms with van der Waals surface area (Å²) in [4.78, 5) is 11.7. The lowest BCUT2D eigenvalue weighted by Crippen LogP contribution is -2.35. The van der Waals surface area contributed by atoms with Crippen LogP contribution in [0.5, 0.6) is 5.75 Å². The molecular weight excluding hydrogens is 271 g/mol. The van der Waals surface area contributed by atoms with Gasteiger partial charge in [0.05, 0.1) is 0 Å². The topological polar surface area (TPSA) is 50.4 Å². The van der Waals surface area contributed by atoms with Crippen LogP contribution in [-0.2, 0) is 11.3 Å². The molecule has 1 aromatic carbocycles. The number of rotatable bonds is 9. The molecule has 1 atom stereocenters. The monoisotopic (exact) mass is 296 g/mol. The normalized spacial score (nSPS) is 12.0. The van der Waals surface area contributed by atoms with Gasteiger partial charge in [-0.25, -0.2) is 4.39 Å². The predicted octanol–water partition coefficient (Wildman–Crippen LogP) is 2.62. The molecule has 1 aromatic rings. The maximum atomic E-state index is 13.5. The van der Waals surface area contributed by atoms with E-state index in [4.69, 9.17) is 4.74 Å². The van der Waals surface area contributed by atoms with E-state index in [9.17, 15) is 9.18 Å². The Kier molecular flexibility index (Phi) is 7.75. The molecule has 0 aliphatic carbocycles. The van der Waals surface area contributed by atoms with Gasteiger partial charge >= 0.3 is 0 Å². The van der Waals surface area contributed by atoms with E-state index >= 15 is 0 Å². The Hall–Kier alpha value is -1.62. The van der Waals surface area contributed by atoms with E-state index in [1.54, 1.807) is 6.07 Å². The molecular formula is C16H25FN2O2. The van der Waals surface area contributed by atoms with Gasteiger partial charge < -0.3 is 15.4 Å². The van der Waals surface area contributed by atoms with Crippen LogP contribution in [0, 0.1) is 5.82 Å². The van der Waals surface area contributed by atoms with E-state index in [-0.39, 0.29) is 24.4 Å². The Labute approximate surface area is 126 Å². The van der Waals surface area contributed by atoms with Gasteiger partial charge in [0.2, 0.25) is 0 Å². The summed E-state index contributed by atoms with van der Waals surface area (Å²) in [5, 5.41) is 5.97. The predicted molar refractivity (Wildman–Crippen MR) is 81.8 cm³/mol. The van der Waals surface area contributed by atoms with Gasteiger partial charge in [0.15, 0.2) is 6.61 Å². The molecule has 0 aliphatic rings. The minimum absolute atomic E-state index is 0.0991. The number of amides is 1. The second-order valence-electron chi connectivity index (χ2n) is 5.12. The van der Waals surface area contributed by atoms with Crippen molar-refractivity contribution in [2.24, 2.45) is 0 Å². The van der Waals surface area contributed by atoms with E-state index < -0.39 is 0 Å². The standard InChI is InChI=1S/C16H25FN2O2/c1-4-6-12(3)19-16(20)11-21-15-8-13(10-18-5-2)7-14(17)9-15/h7-9,12,18H,4-6,10-11H2,1-3H3,(H,19,20). The van der Waals surface area contributed by atoms with Gasteiger partial charge in [-0.05, 0) is 37.6 Å². The average molecular weight is 296 g/mol.